The number of hydrogen-bond donors (Lipinski definition) is 2. The summed E-state index contributed by atoms with van der Waals surface area (Å²) >= 11 is 1.58. The van der Waals surface area contributed by atoms with Crippen LogP contribution in [-0.4, -0.2) is 63.2 Å². The molecule has 1 heterocycles. The van der Waals surface area contributed by atoms with E-state index in [1.807, 2.05) is 6.26 Å². The lowest BCUT2D eigenvalue weighted by Gasteiger charge is -2.17. The highest BCUT2D eigenvalue weighted by molar-refractivity contribution is 7.98. The lowest BCUT2D eigenvalue weighted by atomic mass is 10.2. The van der Waals surface area contributed by atoms with Gasteiger partial charge in [-0.05, 0) is 18.6 Å². The van der Waals surface area contributed by atoms with Gasteiger partial charge in [-0.3, -0.25) is 4.79 Å². The second-order valence-electron chi connectivity index (χ2n) is 6.01. The molecule has 0 saturated carbocycles. The van der Waals surface area contributed by atoms with E-state index < -0.39 is 5.97 Å². The molecule has 0 aliphatic carbocycles. The molecule has 2 amide bonds. The molecule has 1 aromatic heterocycles. The molecule has 0 bridgehead atoms. The Bertz CT molecular complexity index is 547. The van der Waals surface area contributed by atoms with Crippen molar-refractivity contribution >= 4 is 23.8 Å². The van der Waals surface area contributed by atoms with Gasteiger partial charge < -0.3 is 19.9 Å². The molecule has 24 heavy (non-hydrogen) atoms. The summed E-state index contributed by atoms with van der Waals surface area (Å²) in [7, 11) is 1.59. The van der Waals surface area contributed by atoms with E-state index in [1.165, 1.54) is 4.90 Å². The van der Waals surface area contributed by atoms with Crippen molar-refractivity contribution in [1.82, 2.24) is 25.0 Å². The number of carboxylic acid groups (broad SMARTS) is 1. The van der Waals surface area contributed by atoms with Crippen molar-refractivity contribution in [2.75, 3.05) is 26.4 Å². The van der Waals surface area contributed by atoms with Crippen molar-refractivity contribution in [3.8, 4) is 0 Å². The minimum absolute atomic E-state index is 0.0559. The van der Waals surface area contributed by atoms with Crippen molar-refractivity contribution in [2.45, 2.75) is 44.8 Å². The monoisotopic (exact) mass is 357 g/mol. The van der Waals surface area contributed by atoms with Gasteiger partial charge in [0, 0.05) is 33.1 Å². The van der Waals surface area contributed by atoms with Gasteiger partial charge in [0.25, 0.3) is 0 Å². The van der Waals surface area contributed by atoms with Crippen LogP contribution >= 0.6 is 11.8 Å². The van der Waals surface area contributed by atoms with Crippen LogP contribution in [0.3, 0.4) is 0 Å². The average Bonchev–Trinajstić information content (AvgIpc) is 2.90. The fraction of sp³-hybridized carbons (Fsp3) is 0.733. The molecule has 136 valence electrons. The third kappa shape index (κ3) is 6.77. The van der Waals surface area contributed by atoms with Crippen LogP contribution in [0.5, 0.6) is 0 Å². The van der Waals surface area contributed by atoms with Gasteiger partial charge in [0.2, 0.25) is 0 Å². The van der Waals surface area contributed by atoms with E-state index in [0.717, 1.165) is 30.4 Å². The van der Waals surface area contributed by atoms with Gasteiger partial charge in [0.1, 0.15) is 5.82 Å². The van der Waals surface area contributed by atoms with Gasteiger partial charge in [-0.15, -0.1) is 10.2 Å². The highest BCUT2D eigenvalue weighted by atomic mass is 32.2. The number of carboxylic acids is 1. The number of carbonyl (C=O) groups is 2. The number of amides is 2. The highest BCUT2D eigenvalue weighted by Crippen LogP contribution is 2.16. The number of hydrogen-bond acceptors (Lipinski definition) is 5. The van der Waals surface area contributed by atoms with Crippen LogP contribution in [0.4, 0.5) is 4.79 Å². The second kappa shape index (κ2) is 10.2. The fourth-order valence-electron chi connectivity index (χ4n) is 2.15. The number of aromatic nitrogens is 3. The predicted octanol–water partition coefficient (Wildman–Crippen LogP) is 1.70. The summed E-state index contributed by atoms with van der Waals surface area (Å²) in [6, 6.07) is -0.260. The number of carbonyl (C=O) groups excluding carboxylic acids is 1. The Kier molecular flexibility index (Phi) is 8.59. The van der Waals surface area contributed by atoms with E-state index >= 15 is 0 Å². The zero-order chi connectivity index (χ0) is 18.1. The van der Waals surface area contributed by atoms with E-state index in [-0.39, 0.29) is 19.0 Å². The second-order valence-corrected chi connectivity index (χ2v) is 6.78. The van der Waals surface area contributed by atoms with E-state index in [0.29, 0.717) is 12.5 Å². The van der Waals surface area contributed by atoms with Gasteiger partial charge in [-0.1, -0.05) is 25.6 Å². The van der Waals surface area contributed by atoms with Crippen LogP contribution in [0.2, 0.25) is 0 Å². The van der Waals surface area contributed by atoms with Crippen molar-refractivity contribution in [3.63, 3.8) is 0 Å². The Balaban J connectivity index is 2.41. The summed E-state index contributed by atoms with van der Waals surface area (Å²) < 4.78 is 2.14. The van der Waals surface area contributed by atoms with E-state index in [2.05, 4.69) is 33.9 Å². The molecule has 0 aliphatic heterocycles. The first-order valence-electron chi connectivity index (χ1n) is 8.02. The standard InChI is InChI=1S/C15H27N5O3S/c1-11(2)10-20-12(17-18-15(20)24-4)6-5-8-16-14(23)19(3)9-7-13(21)22/h11H,5-10H2,1-4H3,(H,16,23)(H,21,22). The Morgan fingerprint density at radius 3 is 2.67 bits per heavy atom. The largest absolute Gasteiger partial charge is 0.481 e. The molecule has 9 heteroatoms. The minimum atomic E-state index is -0.913. The first-order chi connectivity index (χ1) is 11.3. The van der Waals surface area contributed by atoms with Gasteiger partial charge in [-0.2, -0.15) is 0 Å². The van der Waals surface area contributed by atoms with Crippen molar-refractivity contribution in [2.24, 2.45) is 5.92 Å². The number of aliphatic carboxylic acids is 1. The number of nitrogens with one attached hydrogen (secondary N) is 1. The molecular formula is C15H27N5O3S. The predicted molar refractivity (Wildman–Crippen MR) is 93.2 cm³/mol. The number of nitrogens with zero attached hydrogens (tertiary/aromatic N) is 4. The van der Waals surface area contributed by atoms with Crippen LogP contribution in [0, 0.1) is 5.92 Å². The molecule has 1 aromatic rings. The Morgan fingerprint density at radius 2 is 2.08 bits per heavy atom. The van der Waals surface area contributed by atoms with Gasteiger partial charge in [0.15, 0.2) is 5.16 Å². The average molecular weight is 357 g/mol. The molecule has 0 aromatic carbocycles. The SMILES string of the molecule is CSc1nnc(CCCNC(=O)N(C)CCC(=O)O)n1CC(C)C. The number of thioether (sulfide) groups is 1. The summed E-state index contributed by atoms with van der Waals surface area (Å²) in [5, 5.41) is 20.8. The third-order valence-electron chi connectivity index (χ3n) is 3.38. The fourth-order valence-corrected chi connectivity index (χ4v) is 2.67. The lowest BCUT2D eigenvalue weighted by molar-refractivity contribution is -0.137. The van der Waals surface area contributed by atoms with E-state index in [4.69, 9.17) is 5.11 Å². The zero-order valence-corrected chi connectivity index (χ0v) is 15.6. The Labute approximate surface area is 147 Å². The van der Waals surface area contributed by atoms with Crippen LogP contribution in [0.25, 0.3) is 0 Å². The van der Waals surface area contributed by atoms with Gasteiger partial charge in [-0.25, -0.2) is 4.79 Å². The maximum Gasteiger partial charge on any atom is 0.317 e. The van der Waals surface area contributed by atoms with Crippen LogP contribution in [0.15, 0.2) is 5.16 Å². The molecule has 0 saturated heterocycles. The molecule has 2 N–H and O–H groups in total. The number of aryl methyl sites for hydroxylation is 1. The first-order valence-corrected chi connectivity index (χ1v) is 9.24. The van der Waals surface area contributed by atoms with E-state index in [1.54, 1.807) is 18.8 Å². The van der Waals surface area contributed by atoms with Crippen LogP contribution < -0.4 is 5.32 Å². The molecule has 1 rings (SSSR count). The van der Waals surface area contributed by atoms with Crippen molar-refractivity contribution in [3.05, 3.63) is 5.82 Å². The minimum Gasteiger partial charge on any atom is -0.481 e. The highest BCUT2D eigenvalue weighted by Gasteiger charge is 2.13. The van der Waals surface area contributed by atoms with E-state index in [9.17, 15) is 9.59 Å². The third-order valence-corrected chi connectivity index (χ3v) is 4.05. The van der Waals surface area contributed by atoms with Crippen LogP contribution in [-0.2, 0) is 17.8 Å². The summed E-state index contributed by atoms with van der Waals surface area (Å²) in [6.07, 6.45) is 3.42. The summed E-state index contributed by atoms with van der Waals surface area (Å²) in [5.74, 6) is 0.526. The molecule has 0 aliphatic rings. The molecule has 0 atom stereocenters. The molecule has 0 radical (unpaired) electrons. The maximum absolute atomic E-state index is 11.8. The lowest BCUT2D eigenvalue weighted by Crippen LogP contribution is -2.38. The summed E-state index contributed by atoms with van der Waals surface area (Å²) in [5.41, 5.74) is 0. The topological polar surface area (TPSA) is 100 Å². The van der Waals surface area contributed by atoms with Crippen LogP contribution in [0.1, 0.15) is 32.5 Å². The molecule has 0 spiro atoms. The van der Waals surface area contributed by atoms with Gasteiger partial charge >= 0.3 is 12.0 Å². The first kappa shape index (κ1) is 20.3. The molecule has 0 fully saturated rings. The smallest absolute Gasteiger partial charge is 0.317 e. The van der Waals surface area contributed by atoms with Crippen molar-refractivity contribution < 1.29 is 14.7 Å². The van der Waals surface area contributed by atoms with Crippen molar-refractivity contribution in [1.29, 1.82) is 0 Å². The normalized spacial score (nSPS) is 10.9. The zero-order valence-electron chi connectivity index (χ0n) is 14.8. The molecule has 8 nitrogen and oxygen atoms in total. The van der Waals surface area contributed by atoms with Gasteiger partial charge in [0.05, 0.1) is 6.42 Å². The summed E-state index contributed by atoms with van der Waals surface area (Å²) in [6.45, 7) is 5.89. The Morgan fingerprint density at radius 1 is 1.38 bits per heavy atom. The molecular weight excluding hydrogens is 330 g/mol. The maximum atomic E-state index is 11.8. The number of urea groups is 1. The summed E-state index contributed by atoms with van der Waals surface area (Å²) in [4.78, 5) is 23.7. The Hall–Kier alpha value is -1.77. The number of rotatable bonds is 10. The quantitative estimate of drug-likeness (QED) is 0.488. The molecule has 0 unspecified atom stereocenters.